The summed E-state index contributed by atoms with van der Waals surface area (Å²) in [6.45, 7) is 12.2. The molecule has 0 saturated heterocycles. The van der Waals surface area contributed by atoms with Crippen LogP contribution in [0.3, 0.4) is 0 Å². The average molecular weight is 492 g/mol. The van der Waals surface area contributed by atoms with Crippen molar-refractivity contribution in [3.63, 3.8) is 0 Å². The Bertz CT molecular complexity index is 929. The number of rotatable bonds is 9. The summed E-state index contributed by atoms with van der Waals surface area (Å²) in [7, 11) is 0. The van der Waals surface area contributed by atoms with E-state index in [-0.39, 0.29) is 18.4 Å². The van der Waals surface area contributed by atoms with E-state index in [4.69, 9.17) is 23.2 Å². The van der Waals surface area contributed by atoms with Crippen LogP contribution in [0.2, 0.25) is 10.0 Å². The molecule has 2 aromatic rings. The van der Waals surface area contributed by atoms with Crippen molar-refractivity contribution in [3.8, 4) is 0 Å². The molecule has 1 N–H and O–H groups in total. The van der Waals surface area contributed by atoms with Crippen molar-refractivity contribution in [2.45, 2.75) is 84.8 Å². The fourth-order valence-corrected chi connectivity index (χ4v) is 4.21. The summed E-state index contributed by atoms with van der Waals surface area (Å²) in [6.07, 6.45) is 1.38. The van der Waals surface area contributed by atoms with Crippen LogP contribution in [0, 0.1) is 0 Å². The number of hydrogen-bond donors (Lipinski definition) is 1. The maximum atomic E-state index is 13.4. The molecule has 0 heterocycles. The summed E-state index contributed by atoms with van der Waals surface area (Å²) in [5, 5.41) is 3.98. The van der Waals surface area contributed by atoms with E-state index in [9.17, 15) is 9.59 Å². The second kappa shape index (κ2) is 11.9. The molecule has 6 heteroatoms. The standard InChI is InChI=1S/C27H36Cl2N2O2/c1-7-24(26(33)30-27(4,5)6)31(17-21-22(28)9-8-10-23(21)29)25(32)16-13-19-11-14-20(15-12-19)18(2)3/h8-12,14-15,18,24H,7,13,16-17H2,1-6H3,(H,30,33)/t24-/m1/s1. The lowest BCUT2D eigenvalue weighted by atomic mass is 10.00. The minimum Gasteiger partial charge on any atom is -0.350 e. The highest BCUT2D eigenvalue weighted by molar-refractivity contribution is 6.36. The lowest BCUT2D eigenvalue weighted by molar-refractivity contribution is -0.142. The maximum Gasteiger partial charge on any atom is 0.243 e. The predicted octanol–water partition coefficient (Wildman–Crippen LogP) is 6.77. The molecule has 4 nitrogen and oxygen atoms in total. The lowest BCUT2D eigenvalue weighted by Crippen LogP contribution is -2.53. The number of amides is 2. The molecule has 2 aromatic carbocycles. The zero-order chi connectivity index (χ0) is 24.8. The number of carbonyl (C=O) groups excluding carboxylic acids is 2. The largest absolute Gasteiger partial charge is 0.350 e. The van der Waals surface area contributed by atoms with Crippen LogP contribution < -0.4 is 5.32 Å². The van der Waals surface area contributed by atoms with Gasteiger partial charge in [-0.25, -0.2) is 0 Å². The van der Waals surface area contributed by atoms with Gasteiger partial charge in [0.25, 0.3) is 0 Å². The van der Waals surface area contributed by atoms with Crippen LogP contribution >= 0.6 is 23.2 Å². The van der Waals surface area contributed by atoms with Gasteiger partial charge in [0.15, 0.2) is 0 Å². The summed E-state index contributed by atoms with van der Waals surface area (Å²) in [5.41, 5.74) is 2.61. The second-order valence-corrected chi connectivity index (χ2v) is 10.6. The molecule has 0 aliphatic rings. The third-order valence-corrected chi connectivity index (χ3v) is 6.26. The van der Waals surface area contributed by atoms with Gasteiger partial charge in [-0.3, -0.25) is 9.59 Å². The van der Waals surface area contributed by atoms with E-state index in [1.807, 2.05) is 27.7 Å². The smallest absolute Gasteiger partial charge is 0.243 e. The molecule has 0 fully saturated rings. The molecule has 0 aromatic heterocycles. The highest BCUT2D eigenvalue weighted by atomic mass is 35.5. The van der Waals surface area contributed by atoms with E-state index in [1.54, 1.807) is 23.1 Å². The molecule has 180 valence electrons. The van der Waals surface area contributed by atoms with Crippen LogP contribution in [0.25, 0.3) is 0 Å². The number of nitrogens with zero attached hydrogens (tertiary/aromatic N) is 1. The number of carbonyl (C=O) groups is 2. The van der Waals surface area contributed by atoms with Crippen LogP contribution in [0.1, 0.15) is 77.0 Å². The number of nitrogens with one attached hydrogen (secondary N) is 1. The Hall–Kier alpha value is -2.04. The normalized spacial score (nSPS) is 12.5. The van der Waals surface area contributed by atoms with Crippen LogP contribution in [0.4, 0.5) is 0 Å². The van der Waals surface area contributed by atoms with Gasteiger partial charge in [0.2, 0.25) is 11.8 Å². The average Bonchev–Trinajstić information content (AvgIpc) is 2.73. The number of aryl methyl sites for hydroxylation is 1. The van der Waals surface area contributed by atoms with Crippen molar-refractivity contribution in [3.05, 3.63) is 69.2 Å². The lowest BCUT2D eigenvalue weighted by Gasteiger charge is -2.33. The van der Waals surface area contributed by atoms with Gasteiger partial charge in [0.05, 0.1) is 0 Å². The molecular weight excluding hydrogens is 455 g/mol. The van der Waals surface area contributed by atoms with Crippen molar-refractivity contribution < 1.29 is 9.59 Å². The van der Waals surface area contributed by atoms with Gasteiger partial charge in [-0.05, 0) is 62.8 Å². The first kappa shape index (κ1) is 27.2. The molecule has 1 atom stereocenters. The molecule has 33 heavy (non-hydrogen) atoms. The molecule has 2 rings (SSSR count). The summed E-state index contributed by atoms with van der Waals surface area (Å²) in [6, 6.07) is 13.0. The van der Waals surface area contributed by atoms with Crippen molar-refractivity contribution in [1.82, 2.24) is 10.2 Å². The van der Waals surface area contributed by atoms with E-state index >= 15 is 0 Å². The zero-order valence-electron chi connectivity index (χ0n) is 20.5. The SMILES string of the molecule is CC[C@H](C(=O)NC(C)(C)C)N(Cc1c(Cl)cccc1Cl)C(=O)CCc1ccc(C(C)C)cc1. The van der Waals surface area contributed by atoms with Gasteiger partial charge in [-0.1, -0.05) is 74.3 Å². The molecule has 0 radical (unpaired) electrons. The topological polar surface area (TPSA) is 49.4 Å². The first-order chi connectivity index (χ1) is 15.4. The molecule has 0 spiro atoms. The van der Waals surface area contributed by atoms with E-state index in [0.29, 0.717) is 40.8 Å². The Morgan fingerprint density at radius 1 is 1.00 bits per heavy atom. The van der Waals surface area contributed by atoms with E-state index in [0.717, 1.165) is 5.56 Å². The minimum atomic E-state index is -0.618. The molecule has 2 amide bonds. The molecular formula is C27H36Cl2N2O2. The Morgan fingerprint density at radius 3 is 2.06 bits per heavy atom. The molecule has 0 aliphatic heterocycles. The van der Waals surface area contributed by atoms with Gasteiger partial charge in [0, 0.05) is 34.1 Å². The third kappa shape index (κ3) is 8.04. The van der Waals surface area contributed by atoms with Gasteiger partial charge < -0.3 is 10.2 Å². The van der Waals surface area contributed by atoms with Gasteiger partial charge in [-0.2, -0.15) is 0 Å². The fraction of sp³-hybridized carbons (Fsp3) is 0.481. The van der Waals surface area contributed by atoms with E-state index in [2.05, 4.69) is 43.4 Å². The highest BCUT2D eigenvalue weighted by Crippen LogP contribution is 2.27. The Balaban J connectivity index is 2.28. The summed E-state index contributed by atoms with van der Waals surface area (Å²) >= 11 is 12.8. The fourth-order valence-electron chi connectivity index (χ4n) is 3.69. The van der Waals surface area contributed by atoms with Gasteiger partial charge in [-0.15, -0.1) is 0 Å². The zero-order valence-corrected chi connectivity index (χ0v) is 22.1. The maximum absolute atomic E-state index is 13.4. The Morgan fingerprint density at radius 2 is 1.58 bits per heavy atom. The van der Waals surface area contributed by atoms with Crippen LogP contribution in [-0.2, 0) is 22.6 Å². The van der Waals surface area contributed by atoms with E-state index in [1.165, 1.54) is 5.56 Å². The molecule has 0 unspecified atom stereocenters. The summed E-state index contributed by atoms with van der Waals surface area (Å²) in [5.74, 6) is 0.181. The van der Waals surface area contributed by atoms with Gasteiger partial charge in [0.1, 0.15) is 6.04 Å². The molecule has 0 aliphatic carbocycles. The number of benzene rings is 2. The minimum absolute atomic E-state index is 0.102. The van der Waals surface area contributed by atoms with Crippen molar-refractivity contribution in [2.75, 3.05) is 0 Å². The van der Waals surface area contributed by atoms with Gasteiger partial charge >= 0.3 is 0 Å². The monoisotopic (exact) mass is 490 g/mol. The molecule has 0 bridgehead atoms. The first-order valence-electron chi connectivity index (χ1n) is 11.6. The van der Waals surface area contributed by atoms with Crippen molar-refractivity contribution >= 4 is 35.0 Å². The predicted molar refractivity (Wildman–Crippen MR) is 138 cm³/mol. The van der Waals surface area contributed by atoms with Crippen LogP contribution in [0.15, 0.2) is 42.5 Å². The van der Waals surface area contributed by atoms with Crippen LogP contribution in [-0.4, -0.2) is 28.3 Å². The summed E-state index contributed by atoms with van der Waals surface area (Å²) in [4.78, 5) is 28.2. The third-order valence-electron chi connectivity index (χ3n) is 5.55. The quantitative estimate of drug-likeness (QED) is 0.421. The number of hydrogen-bond acceptors (Lipinski definition) is 2. The van der Waals surface area contributed by atoms with E-state index < -0.39 is 11.6 Å². The highest BCUT2D eigenvalue weighted by Gasteiger charge is 2.31. The second-order valence-electron chi connectivity index (χ2n) is 9.78. The summed E-state index contributed by atoms with van der Waals surface area (Å²) < 4.78 is 0. The Labute approximate surface area is 208 Å². The first-order valence-corrected chi connectivity index (χ1v) is 12.3. The Kier molecular flexibility index (Phi) is 9.81. The van der Waals surface area contributed by atoms with Crippen LogP contribution in [0.5, 0.6) is 0 Å². The van der Waals surface area contributed by atoms with Crippen molar-refractivity contribution in [1.29, 1.82) is 0 Å². The molecule has 0 saturated carbocycles. The van der Waals surface area contributed by atoms with Crippen molar-refractivity contribution in [2.24, 2.45) is 0 Å². The number of halogens is 2.